The van der Waals surface area contributed by atoms with Crippen LogP contribution in [-0.4, -0.2) is 25.5 Å². The molecule has 1 aromatic rings. The van der Waals surface area contributed by atoms with Crippen molar-refractivity contribution in [1.82, 2.24) is 9.71 Å². The molecule has 1 aromatic heterocycles. The minimum Gasteiger partial charge on any atom is -0.326 e. The zero-order valence-corrected chi connectivity index (χ0v) is 11.0. The molecule has 0 aliphatic heterocycles. The first-order valence-electron chi connectivity index (χ1n) is 5.38. The van der Waals surface area contributed by atoms with Gasteiger partial charge in [-0.1, -0.05) is 17.8 Å². The molecule has 96 valence electrons. The Balaban J connectivity index is 2.25. The fourth-order valence-electron chi connectivity index (χ4n) is 2.03. The van der Waals surface area contributed by atoms with E-state index < -0.39 is 10.0 Å². The third-order valence-corrected chi connectivity index (χ3v) is 6.00. The minimum atomic E-state index is -3.63. The highest BCUT2D eigenvalue weighted by Crippen LogP contribution is 2.21. The fourth-order valence-corrected chi connectivity index (χ4v) is 4.67. The van der Waals surface area contributed by atoms with Gasteiger partial charge in [0.2, 0.25) is 0 Å². The molecule has 1 fully saturated rings. The highest BCUT2D eigenvalue weighted by atomic mass is 32.2. The molecule has 0 saturated heterocycles. The van der Waals surface area contributed by atoms with E-state index >= 15 is 0 Å². The summed E-state index contributed by atoms with van der Waals surface area (Å²) in [6.07, 6.45) is 2.50. The first-order chi connectivity index (χ1) is 7.90. The van der Waals surface area contributed by atoms with Crippen molar-refractivity contribution >= 4 is 21.4 Å². The average Bonchev–Trinajstić information content (AvgIpc) is 2.74. The molecular formula is C9H15N3O3S2. The molecule has 6 nitrogen and oxygen atoms in total. The number of nitrogens with one attached hydrogen (secondary N) is 2. The van der Waals surface area contributed by atoms with Gasteiger partial charge in [0.25, 0.3) is 10.0 Å². The Morgan fingerprint density at radius 1 is 1.47 bits per heavy atom. The van der Waals surface area contributed by atoms with Gasteiger partial charge in [0.1, 0.15) is 0 Å². The molecule has 2 unspecified atom stereocenters. The van der Waals surface area contributed by atoms with Crippen molar-refractivity contribution in [2.75, 3.05) is 0 Å². The molecule has 0 bridgehead atoms. The van der Waals surface area contributed by atoms with E-state index in [9.17, 15) is 13.2 Å². The summed E-state index contributed by atoms with van der Waals surface area (Å²) in [6, 6.07) is -0.364. The summed E-state index contributed by atoms with van der Waals surface area (Å²) in [5.74, 6) is 0. The first-order valence-corrected chi connectivity index (χ1v) is 7.68. The van der Waals surface area contributed by atoms with Crippen LogP contribution in [0.1, 0.15) is 25.0 Å². The lowest BCUT2D eigenvalue weighted by molar-refractivity contribution is 0.523. The van der Waals surface area contributed by atoms with Gasteiger partial charge in [0.15, 0.2) is 4.21 Å². The smallest absolute Gasteiger partial charge is 0.305 e. The molecule has 1 saturated carbocycles. The van der Waals surface area contributed by atoms with Crippen LogP contribution in [0, 0.1) is 6.92 Å². The highest BCUT2D eigenvalue weighted by molar-refractivity contribution is 7.91. The summed E-state index contributed by atoms with van der Waals surface area (Å²) < 4.78 is 26.7. The van der Waals surface area contributed by atoms with Crippen LogP contribution in [0.2, 0.25) is 0 Å². The van der Waals surface area contributed by atoms with E-state index in [0.29, 0.717) is 17.0 Å². The zero-order chi connectivity index (χ0) is 12.6. The normalized spacial score (nSPS) is 25.3. The molecular weight excluding hydrogens is 262 g/mol. The van der Waals surface area contributed by atoms with Crippen molar-refractivity contribution in [2.24, 2.45) is 5.73 Å². The zero-order valence-electron chi connectivity index (χ0n) is 9.39. The Labute approximate surface area is 103 Å². The summed E-state index contributed by atoms with van der Waals surface area (Å²) in [6.45, 7) is 1.57. The number of thiazole rings is 1. The first kappa shape index (κ1) is 12.7. The van der Waals surface area contributed by atoms with Crippen molar-refractivity contribution in [2.45, 2.75) is 42.5 Å². The maximum Gasteiger partial charge on any atom is 0.305 e. The number of aryl methyl sites for hydroxylation is 1. The maximum atomic E-state index is 12.1. The molecule has 0 spiro atoms. The van der Waals surface area contributed by atoms with Crippen molar-refractivity contribution in [3.63, 3.8) is 0 Å². The Hall–Kier alpha value is -0.700. The van der Waals surface area contributed by atoms with E-state index in [0.717, 1.165) is 19.3 Å². The number of hydrogen-bond donors (Lipinski definition) is 3. The van der Waals surface area contributed by atoms with E-state index in [2.05, 4.69) is 9.71 Å². The third kappa shape index (κ3) is 2.59. The molecule has 17 heavy (non-hydrogen) atoms. The van der Waals surface area contributed by atoms with Crippen LogP contribution in [0.3, 0.4) is 0 Å². The van der Waals surface area contributed by atoms with Gasteiger partial charge in [0, 0.05) is 17.8 Å². The average molecular weight is 277 g/mol. The van der Waals surface area contributed by atoms with Gasteiger partial charge >= 0.3 is 4.87 Å². The van der Waals surface area contributed by atoms with E-state index in [1.807, 2.05) is 0 Å². The maximum absolute atomic E-state index is 12.1. The van der Waals surface area contributed by atoms with Crippen LogP contribution in [0.15, 0.2) is 9.00 Å². The van der Waals surface area contributed by atoms with Crippen LogP contribution in [0.25, 0.3) is 0 Å². The quantitative estimate of drug-likeness (QED) is 0.717. The number of nitrogens with two attached hydrogens (primary N) is 1. The number of hydrogen-bond acceptors (Lipinski definition) is 5. The summed E-state index contributed by atoms with van der Waals surface area (Å²) in [4.78, 5) is 13.2. The Morgan fingerprint density at radius 2 is 2.18 bits per heavy atom. The van der Waals surface area contributed by atoms with E-state index in [1.54, 1.807) is 6.92 Å². The molecule has 1 aliphatic rings. The molecule has 1 heterocycles. The highest BCUT2D eigenvalue weighted by Gasteiger charge is 2.30. The van der Waals surface area contributed by atoms with Crippen LogP contribution >= 0.6 is 11.3 Å². The molecule has 2 rings (SSSR count). The number of H-pyrrole nitrogens is 1. The van der Waals surface area contributed by atoms with Gasteiger partial charge in [-0.2, -0.15) is 0 Å². The Bertz CT molecular complexity index is 560. The molecule has 0 radical (unpaired) electrons. The SMILES string of the molecule is Cc1[nH]c(=O)sc1S(=O)(=O)NC1CCCC1N. The van der Waals surface area contributed by atoms with Crippen molar-refractivity contribution in [1.29, 1.82) is 0 Å². The topological polar surface area (TPSA) is 105 Å². The monoisotopic (exact) mass is 277 g/mol. The second kappa shape index (κ2) is 4.52. The van der Waals surface area contributed by atoms with Crippen LogP contribution in [0.4, 0.5) is 0 Å². The fraction of sp³-hybridized carbons (Fsp3) is 0.667. The van der Waals surface area contributed by atoms with E-state index in [4.69, 9.17) is 5.73 Å². The van der Waals surface area contributed by atoms with Gasteiger partial charge in [0.05, 0.1) is 0 Å². The van der Waals surface area contributed by atoms with Crippen molar-refractivity contribution in [3.05, 3.63) is 15.4 Å². The van der Waals surface area contributed by atoms with Crippen LogP contribution < -0.4 is 15.3 Å². The lowest BCUT2D eigenvalue weighted by atomic mass is 10.2. The van der Waals surface area contributed by atoms with Gasteiger partial charge < -0.3 is 10.7 Å². The minimum absolute atomic E-state index is 0.0570. The molecule has 0 aromatic carbocycles. The summed E-state index contributed by atoms with van der Waals surface area (Å²) in [7, 11) is -3.63. The van der Waals surface area contributed by atoms with Gasteiger partial charge in [-0.25, -0.2) is 13.1 Å². The van der Waals surface area contributed by atoms with Crippen LogP contribution in [-0.2, 0) is 10.0 Å². The lowest BCUT2D eigenvalue weighted by Gasteiger charge is -2.16. The molecule has 8 heteroatoms. The van der Waals surface area contributed by atoms with E-state index in [-0.39, 0.29) is 21.2 Å². The summed E-state index contributed by atoms with van der Waals surface area (Å²) >= 11 is 0.704. The number of aromatic amines is 1. The lowest BCUT2D eigenvalue weighted by Crippen LogP contribution is -2.43. The predicted molar refractivity (Wildman–Crippen MR) is 65.6 cm³/mol. The Morgan fingerprint density at radius 3 is 2.65 bits per heavy atom. The standard InChI is InChI=1S/C9H15N3O3S2/c1-5-8(16-9(13)11-5)17(14,15)12-7-4-2-3-6(7)10/h6-7,12H,2-4,10H2,1H3,(H,11,13). The number of sulfonamides is 1. The molecule has 1 aliphatic carbocycles. The van der Waals surface area contributed by atoms with Crippen molar-refractivity contribution < 1.29 is 8.42 Å². The molecule has 4 N–H and O–H groups in total. The largest absolute Gasteiger partial charge is 0.326 e. The Kier molecular flexibility index (Phi) is 3.39. The third-order valence-electron chi connectivity index (χ3n) is 2.90. The van der Waals surface area contributed by atoms with Gasteiger partial charge in [-0.15, -0.1) is 0 Å². The second-order valence-electron chi connectivity index (χ2n) is 4.25. The summed E-state index contributed by atoms with van der Waals surface area (Å²) in [5.41, 5.74) is 6.19. The van der Waals surface area contributed by atoms with Crippen molar-refractivity contribution in [3.8, 4) is 0 Å². The van der Waals surface area contributed by atoms with Gasteiger partial charge in [-0.05, 0) is 19.8 Å². The van der Waals surface area contributed by atoms with E-state index in [1.165, 1.54) is 0 Å². The van der Waals surface area contributed by atoms with Crippen LogP contribution in [0.5, 0.6) is 0 Å². The van der Waals surface area contributed by atoms with Gasteiger partial charge in [-0.3, -0.25) is 4.79 Å². The predicted octanol–water partition coefficient (Wildman–Crippen LogP) is -0.0971. The summed E-state index contributed by atoms with van der Waals surface area (Å²) in [5, 5.41) is 0. The number of rotatable bonds is 3. The second-order valence-corrected chi connectivity index (χ2v) is 7.14. The molecule has 2 atom stereocenters. The molecule has 0 amide bonds. The number of aromatic nitrogens is 1.